The number of fused-ring (bicyclic) bond motifs is 1. The molecule has 0 N–H and O–H groups in total. The van der Waals surface area contributed by atoms with Gasteiger partial charge in [0.2, 0.25) is 0 Å². The second-order valence-electron chi connectivity index (χ2n) is 7.00. The second kappa shape index (κ2) is 7.40. The predicted molar refractivity (Wildman–Crippen MR) is 97.6 cm³/mol. The lowest BCUT2D eigenvalue weighted by Crippen LogP contribution is -2.44. The maximum Gasteiger partial charge on any atom is 0.254 e. The van der Waals surface area contributed by atoms with Crippen molar-refractivity contribution in [2.45, 2.75) is 38.1 Å². The fourth-order valence-electron chi connectivity index (χ4n) is 3.84. The molecule has 0 bridgehead atoms. The number of rotatable bonds is 4. The van der Waals surface area contributed by atoms with Crippen LogP contribution in [0.2, 0.25) is 0 Å². The van der Waals surface area contributed by atoms with Gasteiger partial charge in [-0.3, -0.25) is 4.79 Å². The lowest BCUT2D eigenvalue weighted by molar-refractivity contribution is 0.0600. The quantitative estimate of drug-likeness (QED) is 0.846. The summed E-state index contributed by atoms with van der Waals surface area (Å²) in [7, 11) is 2.02. The Hall–Kier alpha value is -2.50. The molecule has 138 valence electrons. The van der Waals surface area contributed by atoms with Gasteiger partial charge >= 0.3 is 0 Å². The molecule has 0 unspecified atom stereocenters. The largest absolute Gasteiger partial charge is 0.486 e. The summed E-state index contributed by atoms with van der Waals surface area (Å²) in [6, 6.07) is 5.77. The van der Waals surface area contributed by atoms with Gasteiger partial charge in [0.05, 0.1) is 0 Å². The molecule has 1 atom stereocenters. The lowest BCUT2D eigenvalue weighted by atomic mass is 9.96. The van der Waals surface area contributed by atoms with Crippen molar-refractivity contribution in [1.82, 2.24) is 14.5 Å². The van der Waals surface area contributed by atoms with E-state index in [2.05, 4.69) is 9.55 Å². The van der Waals surface area contributed by atoms with Gasteiger partial charge in [-0.25, -0.2) is 4.98 Å². The van der Waals surface area contributed by atoms with Gasteiger partial charge in [0, 0.05) is 44.0 Å². The molecule has 6 nitrogen and oxygen atoms in total. The van der Waals surface area contributed by atoms with Crippen molar-refractivity contribution in [3.8, 4) is 11.5 Å². The standard InChI is InChI=1S/C20H25N3O3/c1-22-11-9-21-19(22)8-6-16-4-2-3-10-23(16)20(24)15-5-7-17-18(14-15)26-13-12-25-17/h5,7,9,11,14,16H,2-4,6,8,10,12-13H2,1H3/t16-/m1/s1. The number of piperidine rings is 1. The van der Waals surface area contributed by atoms with E-state index in [1.54, 1.807) is 0 Å². The third-order valence-electron chi connectivity index (χ3n) is 5.30. The first-order valence-electron chi connectivity index (χ1n) is 9.39. The van der Waals surface area contributed by atoms with Crippen molar-refractivity contribution >= 4 is 5.91 Å². The van der Waals surface area contributed by atoms with Crippen LogP contribution in [0.1, 0.15) is 41.9 Å². The van der Waals surface area contributed by atoms with E-state index < -0.39 is 0 Å². The zero-order valence-corrected chi connectivity index (χ0v) is 15.2. The smallest absolute Gasteiger partial charge is 0.254 e. The fraction of sp³-hybridized carbons (Fsp3) is 0.500. The van der Waals surface area contributed by atoms with Crippen molar-refractivity contribution in [3.63, 3.8) is 0 Å². The number of aromatic nitrogens is 2. The Kier molecular flexibility index (Phi) is 4.82. The van der Waals surface area contributed by atoms with Crippen LogP contribution in [0.5, 0.6) is 11.5 Å². The summed E-state index contributed by atoms with van der Waals surface area (Å²) >= 11 is 0. The number of hydrogen-bond acceptors (Lipinski definition) is 4. The summed E-state index contributed by atoms with van der Waals surface area (Å²) in [5.74, 6) is 2.55. The van der Waals surface area contributed by atoms with Crippen LogP contribution in [-0.4, -0.2) is 46.2 Å². The van der Waals surface area contributed by atoms with E-state index in [0.29, 0.717) is 24.5 Å². The maximum absolute atomic E-state index is 13.1. The molecule has 2 aliphatic rings. The number of carbonyl (C=O) groups is 1. The third-order valence-corrected chi connectivity index (χ3v) is 5.30. The Morgan fingerprint density at radius 2 is 2.08 bits per heavy atom. The summed E-state index contributed by atoms with van der Waals surface area (Å²) in [4.78, 5) is 19.6. The van der Waals surface area contributed by atoms with Crippen molar-refractivity contribution in [3.05, 3.63) is 42.0 Å². The molecule has 0 saturated carbocycles. The molecule has 2 aliphatic heterocycles. The van der Waals surface area contributed by atoms with E-state index in [9.17, 15) is 4.79 Å². The summed E-state index contributed by atoms with van der Waals surface area (Å²) in [5, 5.41) is 0. The Bertz CT molecular complexity index is 786. The Morgan fingerprint density at radius 1 is 1.23 bits per heavy atom. The highest BCUT2D eigenvalue weighted by atomic mass is 16.6. The average Bonchev–Trinajstić information content (AvgIpc) is 3.10. The molecule has 1 saturated heterocycles. The molecule has 26 heavy (non-hydrogen) atoms. The number of benzene rings is 1. The molecular formula is C20H25N3O3. The molecule has 1 aromatic heterocycles. The SMILES string of the molecule is Cn1ccnc1CC[C@H]1CCCCN1C(=O)c1ccc2c(c1)OCCO2. The molecular weight excluding hydrogens is 330 g/mol. The Balaban J connectivity index is 1.48. The van der Waals surface area contributed by atoms with E-state index in [-0.39, 0.29) is 11.9 Å². The highest BCUT2D eigenvalue weighted by Crippen LogP contribution is 2.32. The van der Waals surface area contributed by atoms with E-state index in [4.69, 9.17) is 9.47 Å². The summed E-state index contributed by atoms with van der Waals surface area (Å²) in [5.41, 5.74) is 0.679. The van der Waals surface area contributed by atoms with Crippen LogP contribution in [0.25, 0.3) is 0 Å². The number of hydrogen-bond donors (Lipinski definition) is 0. The number of ether oxygens (including phenoxy) is 2. The van der Waals surface area contributed by atoms with Crippen LogP contribution in [0.3, 0.4) is 0 Å². The minimum Gasteiger partial charge on any atom is -0.486 e. The van der Waals surface area contributed by atoms with Gasteiger partial charge in [0.1, 0.15) is 19.0 Å². The number of carbonyl (C=O) groups excluding carboxylic acids is 1. The molecule has 6 heteroatoms. The monoisotopic (exact) mass is 355 g/mol. The molecule has 0 spiro atoms. The normalized spacial score (nSPS) is 19.4. The van der Waals surface area contributed by atoms with E-state index in [1.807, 2.05) is 42.5 Å². The maximum atomic E-state index is 13.1. The van der Waals surface area contributed by atoms with Crippen LogP contribution in [0.15, 0.2) is 30.6 Å². The van der Waals surface area contributed by atoms with Gasteiger partial charge in [0.15, 0.2) is 11.5 Å². The number of likely N-dealkylation sites (tertiary alicyclic amines) is 1. The number of nitrogens with zero attached hydrogens (tertiary/aromatic N) is 3. The fourth-order valence-corrected chi connectivity index (χ4v) is 3.84. The lowest BCUT2D eigenvalue weighted by Gasteiger charge is -2.36. The number of amides is 1. The van der Waals surface area contributed by atoms with Gasteiger partial charge in [-0.15, -0.1) is 0 Å². The van der Waals surface area contributed by atoms with Crippen molar-refractivity contribution in [2.75, 3.05) is 19.8 Å². The highest BCUT2D eigenvalue weighted by molar-refractivity contribution is 5.95. The summed E-state index contributed by atoms with van der Waals surface area (Å²) in [6.07, 6.45) is 8.93. The van der Waals surface area contributed by atoms with Crippen LogP contribution in [0.4, 0.5) is 0 Å². The molecule has 4 rings (SSSR count). The molecule has 1 aromatic carbocycles. The van der Waals surface area contributed by atoms with Crippen molar-refractivity contribution in [2.24, 2.45) is 7.05 Å². The first-order chi connectivity index (χ1) is 12.7. The first-order valence-corrected chi connectivity index (χ1v) is 9.39. The third kappa shape index (κ3) is 3.41. The van der Waals surface area contributed by atoms with Gasteiger partial charge in [-0.05, 0) is 43.9 Å². The molecule has 3 heterocycles. The molecule has 1 fully saturated rings. The van der Waals surface area contributed by atoms with Crippen LogP contribution < -0.4 is 9.47 Å². The van der Waals surface area contributed by atoms with E-state index in [1.165, 1.54) is 6.42 Å². The topological polar surface area (TPSA) is 56.6 Å². The van der Waals surface area contributed by atoms with Crippen molar-refractivity contribution in [1.29, 1.82) is 0 Å². The Morgan fingerprint density at radius 3 is 2.88 bits per heavy atom. The zero-order chi connectivity index (χ0) is 17.9. The molecule has 2 aromatic rings. The highest BCUT2D eigenvalue weighted by Gasteiger charge is 2.28. The zero-order valence-electron chi connectivity index (χ0n) is 15.2. The minimum atomic E-state index is 0.0894. The van der Waals surface area contributed by atoms with Crippen LogP contribution in [-0.2, 0) is 13.5 Å². The molecule has 0 aliphatic carbocycles. The molecule has 0 radical (unpaired) electrons. The van der Waals surface area contributed by atoms with Crippen LogP contribution >= 0.6 is 0 Å². The first kappa shape index (κ1) is 16.9. The van der Waals surface area contributed by atoms with Gasteiger partial charge < -0.3 is 18.9 Å². The van der Waals surface area contributed by atoms with E-state index >= 15 is 0 Å². The summed E-state index contributed by atoms with van der Waals surface area (Å²) < 4.78 is 13.2. The van der Waals surface area contributed by atoms with Crippen LogP contribution in [0, 0.1) is 0 Å². The Labute approximate surface area is 153 Å². The van der Waals surface area contributed by atoms with Gasteiger partial charge in [-0.1, -0.05) is 0 Å². The predicted octanol–water partition coefficient (Wildman–Crippen LogP) is 2.82. The number of imidazole rings is 1. The van der Waals surface area contributed by atoms with Gasteiger partial charge in [-0.2, -0.15) is 0 Å². The summed E-state index contributed by atoms with van der Waals surface area (Å²) in [6.45, 7) is 1.90. The second-order valence-corrected chi connectivity index (χ2v) is 7.00. The minimum absolute atomic E-state index is 0.0894. The van der Waals surface area contributed by atoms with Crippen molar-refractivity contribution < 1.29 is 14.3 Å². The average molecular weight is 355 g/mol. The molecule has 1 amide bonds. The van der Waals surface area contributed by atoms with E-state index in [0.717, 1.165) is 43.8 Å². The van der Waals surface area contributed by atoms with Gasteiger partial charge in [0.25, 0.3) is 5.91 Å². The number of aryl methyl sites for hydroxylation is 2.